The second kappa shape index (κ2) is 5.20. The van der Waals surface area contributed by atoms with Crippen LogP contribution in [0.25, 0.3) is 0 Å². The van der Waals surface area contributed by atoms with Gasteiger partial charge in [-0.15, -0.1) is 0 Å². The highest BCUT2D eigenvalue weighted by Gasteiger charge is 2.33. The topological polar surface area (TPSA) is 45.5 Å². The number of hydrogen-bond acceptors (Lipinski definition) is 4. The summed E-state index contributed by atoms with van der Waals surface area (Å²) in [5.41, 5.74) is 1.78. The van der Waals surface area contributed by atoms with Crippen molar-refractivity contribution in [2.24, 2.45) is 0 Å². The minimum atomic E-state index is 0.416. The summed E-state index contributed by atoms with van der Waals surface area (Å²) in [5.74, 6) is 0.663. The molecule has 2 aliphatic heterocycles. The summed E-state index contributed by atoms with van der Waals surface area (Å²) in [6.45, 7) is 2.93. The average molecular weight is 258 g/mol. The zero-order valence-electron chi connectivity index (χ0n) is 11.1. The second-order valence-corrected chi connectivity index (χ2v) is 5.30. The highest BCUT2D eigenvalue weighted by molar-refractivity contribution is 5.45. The lowest BCUT2D eigenvalue weighted by atomic mass is 10.1. The first-order chi connectivity index (χ1) is 9.28. The van der Waals surface area contributed by atoms with Crippen molar-refractivity contribution in [2.75, 3.05) is 20.2 Å². The van der Waals surface area contributed by atoms with Crippen LogP contribution < -0.4 is 4.74 Å². The number of ether oxygens (including phenoxy) is 2. The molecule has 2 heterocycles. The molecule has 4 heteroatoms. The summed E-state index contributed by atoms with van der Waals surface area (Å²) in [5, 5.41) is 8.98. The van der Waals surface area contributed by atoms with Gasteiger partial charge in [-0.25, -0.2) is 0 Å². The number of benzene rings is 1. The maximum absolute atomic E-state index is 8.98. The molecule has 4 nitrogen and oxygen atoms in total. The van der Waals surface area contributed by atoms with Gasteiger partial charge in [-0.1, -0.05) is 6.07 Å². The third-order valence-corrected chi connectivity index (χ3v) is 3.91. The fourth-order valence-corrected chi connectivity index (χ4v) is 3.01. The Hall–Kier alpha value is -1.57. The minimum Gasteiger partial charge on any atom is -0.495 e. The summed E-state index contributed by atoms with van der Waals surface area (Å²) in [6, 6.07) is 7.96. The van der Waals surface area contributed by atoms with E-state index in [1.807, 2.05) is 18.2 Å². The Labute approximate surface area is 113 Å². The number of likely N-dealkylation sites (tertiary alicyclic amines) is 1. The molecule has 19 heavy (non-hydrogen) atoms. The van der Waals surface area contributed by atoms with Gasteiger partial charge in [0.05, 0.1) is 24.9 Å². The van der Waals surface area contributed by atoms with E-state index in [-0.39, 0.29) is 0 Å². The van der Waals surface area contributed by atoms with E-state index in [0.29, 0.717) is 23.5 Å². The van der Waals surface area contributed by atoms with Gasteiger partial charge in [0.2, 0.25) is 0 Å². The molecule has 2 bridgehead atoms. The van der Waals surface area contributed by atoms with Crippen LogP contribution in [0.1, 0.15) is 24.0 Å². The zero-order chi connectivity index (χ0) is 13.2. The lowest BCUT2D eigenvalue weighted by molar-refractivity contribution is -0.0410. The minimum absolute atomic E-state index is 0.416. The fraction of sp³-hybridized carbons (Fsp3) is 0.533. The van der Waals surface area contributed by atoms with Crippen molar-refractivity contribution >= 4 is 0 Å². The zero-order valence-corrected chi connectivity index (χ0v) is 11.1. The molecule has 0 amide bonds. The number of nitrogens with zero attached hydrogens (tertiary/aromatic N) is 2. The molecular weight excluding hydrogens is 240 g/mol. The number of rotatable bonds is 3. The van der Waals surface area contributed by atoms with E-state index < -0.39 is 0 Å². The van der Waals surface area contributed by atoms with Crippen molar-refractivity contribution in [2.45, 2.75) is 31.6 Å². The van der Waals surface area contributed by atoms with E-state index in [1.54, 1.807) is 7.11 Å². The van der Waals surface area contributed by atoms with Crippen LogP contribution in [-0.2, 0) is 11.3 Å². The number of hydrogen-bond donors (Lipinski definition) is 0. The third kappa shape index (κ3) is 2.58. The summed E-state index contributed by atoms with van der Waals surface area (Å²) in [6.07, 6.45) is 3.22. The smallest absolute Gasteiger partial charge is 0.136 e. The molecule has 100 valence electrons. The molecule has 0 N–H and O–H groups in total. The van der Waals surface area contributed by atoms with Gasteiger partial charge >= 0.3 is 0 Å². The molecule has 3 rings (SSSR count). The SMILES string of the molecule is COc1cc(CN2CC3CCC(C2)O3)ccc1C#N. The Kier molecular flexibility index (Phi) is 3.41. The van der Waals surface area contributed by atoms with Crippen LogP contribution in [0.2, 0.25) is 0 Å². The molecule has 2 fully saturated rings. The van der Waals surface area contributed by atoms with Crippen LogP contribution >= 0.6 is 0 Å². The molecule has 0 spiro atoms. The van der Waals surface area contributed by atoms with Crippen LogP contribution in [0, 0.1) is 11.3 Å². The maximum Gasteiger partial charge on any atom is 0.136 e. The summed E-state index contributed by atoms with van der Waals surface area (Å²) >= 11 is 0. The number of methoxy groups -OCH3 is 1. The molecule has 0 saturated carbocycles. The Bertz CT molecular complexity index is 497. The standard InChI is InChI=1S/C15H18N2O2/c1-18-15-6-11(2-3-12(15)7-16)8-17-9-13-4-5-14(10-17)19-13/h2-3,6,13-14H,4-5,8-10H2,1H3. The Morgan fingerprint density at radius 1 is 1.37 bits per heavy atom. The number of nitriles is 1. The van der Waals surface area contributed by atoms with Crippen molar-refractivity contribution in [3.05, 3.63) is 29.3 Å². The molecule has 1 aromatic carbocycles. The Balaban J connectivity index is 1.71. The van der Waals surface area contributed by atoms with Crippen molar-refractivity contribution < 1.29 is 9.47 Å². The van der Waals surface area contributed by atoms with Gasteiger partial charge in [0.1, 0.15) is 11.8 Å². The lowest BCUT2D eigenvalue weighted by Gasteiger charge is -2.32. The van der Waals surface area contributed by atoms with Crippen molar-refractivity contribution in [1.29, 1.82) is 5.26 Å². The monoisotopic (exact) mass is 258 g/mol. The van der Waals surface area contributed by atoms with E-state index in [9.17, 15) is 0 Å². The van der Waals surface area contributed by atoms with Gasteiger partial charge in [0.25, 0.3) is 0 Å². The average Bonchev–Trinajstić information content (AvgIpc) is 2.78. The van der Waals surface area contributed by atoms with Gasteiger partial charge in [-0.3, -0.25) is 4.90 Å². The first kappa shape index (κ1) is 12.5. The fourth-order valence-electron chi connectivity index (χ4n) is 3.01. The van der Waals surface area contributed by atoms with E-state index in [4.69, 9.17) is 14.7 Å². The van der Waals surface area contributed by atoms with Crippen molar-refractivity contribution in [3.8, 4) is 11.8 Å². The molecule has 2 unspecified atom stereocenters. The summed E-state index contributed by atoms with van der Waals surface area (Å²) < 4.78 is 11.1. The summed E-state index contributed by atoms with van der Waals surface area (Å²) in [4.78, 5) is 2.44. The lowest BCUT2D eigenvalue weighted by Crippen LogP contribution is -2.41. The predicted octanol–water partition coefficient (Wildman–Crippen LogP) is 1.93. The highest BCUT2D eigenvalue weighted by Crippen LogP contribution is 2.28. The Morgan fingerprint density at radius 2 is 2.11 bits per heavy atom. The van der Waals surface area contributed by atoms with Crippen LogP contribution in [-0.4, -0.2) is 37.3 Å². The van der Waals surface area contributed by atoms with Gasteiger partial charge in [0.15, 0.2) is 0 Å². The van der Waals surface area contributed by atoms with Gasteiger partial charge in [-0.2, -0.15) is 5.26 Å². The first-order valence-corrected chi connectivity index (χ1v) is 6.73. The maximum atomic E-state index is 8.98. The number of fused-ring (bicyclic) bond motifs is 2. The van der Waals surface area contributed by atoms with E-state index in [0.717, 1.165) is 19.6 Å². The normalized spacial score (nSPS) is 26.1. The van der Waals surface area contributed by atoms with Gasteiger partial charge < -0.3 is 9.47 Å². The molecular formula is C15H18N2O2. The van der Waals surface area contributed by atoms with Crippen molar-refractivity contribution in [3.63, 3.8) is 0 Å². The molecule has 0 radical (unpaired) electrons. The first-order valence-electron chi connectivity index (χ1n) is 6.73. The van der Waals surface area contributed by atoms with Crippen LogP contribution in [0.4, 0.5) is 0 Å². The van der Waals surface area contributed by atoms with Crippen molar-refractivity contribution in [1.82, 2.24) is 4.90 Å². The van der Waals surface area contributed by atoms with Gasteiger partial charge in [0, 0.05) is 19.6 Å². The Morgan fingerprint density at radius 3 is 2.74 bits per heavy atom. The molecule has 2 atom stereocenters. The summed E-state index contributed by atoms with van der Waals surface area (Å²) in [7, 11) is 1.61. The van der Waals surface area contributed by atoms with E-state index >= 15 is 0 Å². The van der Waals surface area contributed by atoms with Gasteiger partial charge in [-0.05, 0) is 30.5 Å². The highest BCUT2D eigenvalue weighted by atomic mass is 16.5. The predicted molar refractivity (Wildman–Crippen MR) is 70.9 cm³/mol. The third-order valence-electron chi connectivity index (χ3n) is 3.91. The molecule has 2 aliphatic rings. The molecule has 1 aromatic rings. The van der Waals surface area contributed by atoms with Crippen LogP contribution in [0.3, 0.4) is 0 Å². The largest absolute Gasteiger partial charge is 0.495 e. The second-order valence-electron chi connectivity index (χ2n) is 5.30. The quantitative estimate of drug-likeness (QED) is 0.831. The molecule has 0 aliphatic carbocycles. The molecule has 2 saturated heterocycles. The van der Waals surface area contributed by atoms with E-state index in [1.165, 1.54) is 18.4 Å². The number of morpholine rings is 1. The molecule has 0 aromatic heterocycles. The van der Waals surface area contributed by atoms with E-state index in [2.05, 4.69) is 11.0 Å². The van der Waals surface area contributed by atoms with Crippen LogP contribution in [0.15, 0.2) is 18.2 Å². The van der Waals surface area contributed by atoms with Crippen LogP contribution in [0.5, 0.6) is 5.75 Å².